The first-order valence-electron chi connectivity index (χ1n) is 3.78. The molecule has 0 aliphatic heterocycles. The largest absolute Gasteiger partial charge is 0.331 e. The Balaban J connectivity index is 3.46. The summed E-state index contributed by atoms with van der Waals surface area (Å²) in [5.41, 5.74) is 0. The quantitative estimate of drug-likeness (QED) is 0.539. The molecule has 0 heterocycles. The zero-order valence-electron chi connectivity index (χ0n) is 7.48. The number of carbonyl (C=O) groups excluding carboxylic acids is 1. The van der Waals surface area contributed by atoms with Crippen molar-refractivity contribution in [2.45, 2.75) is 19.8 Å². The van der Waals surface area contributed by atoms with Crippen molar-refractivity contribution in [3.8, 4) is 0 Å². The molecule has 0 fully saturated rings. The summed E-state index contributed by atoms with van der Waals surface area (Å²) in [7, 11) is 6.30. The van der Waals surface area contributed by atoms with Gasteiger partial charge >= 0.3 is 0 Å². The van der Waals surface area contributed by atoms with Gasteiger partial charge in [0.1, 0.15) is 5.78 Å². The van der Waals surface area contributed by atoms with Crippen LogP contribution in [0.5, 0.6) is 0 Å². The standard InChI is InChI=1S/C8H18NO/c1-5-8(10)6-7-9(2,3)4/h5-7H2,1-4H3/q+1. The molecule has 0 amide bonds. The molecule has 0 unspecified atom stereocenters. The van der Waals surface area contributed by atoms with Crippen molar-refractivity contribution in [2.75, 3.05) is 27.7 Å². The smallest absolute Gasteiger partial charge is 0.138 e. The van der Waals surface area contributed by atoms with Gasteiger partial charge in [-0.3, -0.25) is 4.79 Å². The Hall–Kier alpha value is -0.370. The van der Waals surface area contributed by atoms with Crippen LogP contribution in [0.3, 0.4) is 0 Å². The minimum atomic E-state index is 0.369. The maximum Gasteiger partial charge on any atom is 0.138 e. The molecule has 0 radical (unpaired) electrons. The second kappa shape index (κ2) is 3.71. The number of nitrogens with zero attached hydrogens (tertiary/aromatic N) is 1. The molecule has 0 atom stereocenters. The van der Waals surface area contributed by atoms with Crippen LogP contribution in [-0.4, -0.2) is 38.0 Å². The molecule has 0 bridgehead atoms. The Kier molecular flexibility index (Phi) is 3.58. The van der Waals surface area contributed by atoms with Gasteiger partial charge in [-0.2, -0.15) is 0 Å². The minimum Gasteiger partial charge on any atom is -0.331 e. The third kappa shape index (κ3) is 5.76. The lowest BCUT2D eigenvalue weighted by Crippen LogP contribution is -2.36. The molecule has 0 aromatic heterocycles. The molecule has 2 heteroatoms. The molecule has 0 N–H and O–H groups in total. The molecule has 0 aliphatic rings. The predicted molar refractivity (Wildman–Crippen MR) is 42.8 cm³/mol. The summed E-state index contributed by atoms with van der Waals surface area (Å²) in [4.78, 5) is 10.8. The van der Waals surface area contributed by atoms with E-state index in [9.17, 15) is 4.79 Å². The second-order valence-corrected chi connectivity index (χ2v) is 3.66. The molecular formula is C8H18NO+. The Morgan fingerprint density at radius 2 is 1.80 bits per heavy atom. The van der Waals surface area contributed by atoms with E-state index in [-0.39, 0.29) is 0 Å². The third-order valence-electron chi connectivity index (χ3n) is 1.46. The van der Waals surface area contributed by atoms with Crippen LogP contribution in [0.25, 0.3) is 0 Å². The highest BCUT2D eigenvalue weighted by molar-refractivity contribution is 5.78. The lowest BCUT2D eigenvalue weighted by Gasteiger charge is -2.23. The van der Waals surface area contributed by atoms with Crippen molar-refractivity contribution in [3.05, 3.63) is 0 Å². The van der Waals surface area contributed by atoms with E-state index >= 15 is 0 Å². The van der Waals surface area contributed by atoms with E-state index in [1.165, 1.54) is 0 Å². The fraction of sp³-hybridized carbons (Fsp3) is 0.875. The Labute approximate surface area is 63.4 Å². The van der Waals surface area contributed by atoms with Gasteiger partial charge in [0.25, 0.3) is 0 Å². The summed E-state index contributed by atoms with van der Waals surface area (Å²) in [6.45, 7) is 2.87. The van der Waals surface area contributed by atoms with Crippen molar-refractivity contribution in [1.82, 2.24) is 0 Å². The van der Waals surface area contributed by atoms with E-state index in [2.05, 4.69) is 21.1 Å². The van der Waals surface area contributed by atoms with Gasteiger partial charge in [-0.05, 0) is 0 Å². The zero-order valence-corrected chi connectivity index (χ0v) is 7.48. The topological polar surface area (TPSA) is 17.1 Å². The molecule has 0 spiro atoms. The fourth-order valence-corrected chi connectivity index (χ4v) is 0.637. The summed E-state index contributed by atoms with van der Waals surface area (Å²) < 4.78 is 0.881. The van der Waals surface area contributed by atoms with Crippen LogP contribution in [0, 0.1) is 0 Å². The van der Waals surface area contributed by atoms with Crippen LogP contribution in [0.1, 0.15) is 19.8 Å². The van der Waals surface area contributed by atoms with E-state index in [1.807, 2.05) is 6.92 Å². The zero-order chi connectivity index (χ0) is 8.20. The van der Waals surface area contributed by atoms with Gasteiger partial charge in [0.05, 0.1) is 34.1 Å². The van der Waals surface area contributed by atoms with Gasteiger partial charge in [-0.1, -0.05) is 6.92 Å². The molecule has 0 saturated carbocycles. The molecule has 0 aliphatic carbocycles. The van der Waals surface area contributed by atoms with Crippen molar-refractivity contribution >= 4 is 5.78 Å². The van der Waals surface area contributed by atoms with Crippen LogP contribution in [0.4, 0.5) is 0 Å². The normalized spacial score (nSPS) is 11.6. The summed E-state index contributed by atoms with van der Waals surface area (Å²) >= 11 is 0. The van der Waals surface area contributed by atoms with Gasteiger partial charge in [0.15, 0.2) is 0 Å². The van der Waals surface area contributed by atoms with E-state index < -0.39 is 0 Å². The maximum absolute atomic E-state index is 10.8. The van der Waals surface area contributed by atoms with Crippen molar-refractivity contribution in [3.63, 3.8) is 0 Å². The molecular weight excluding hydrogens is 126 g/mol. The predicted octanol–water partition coefficient (Wildman–Crippen LogP) is 1.06. The molecule has 0 aromatic rings. The maximum atomic E-state index is 10.8. The van der Waals surface area contributed by atoms with Gasteiger partial charge in [0.2, 0.25) is 0 Å². The Bertz CT molecular complexity index is 113. The number of Topliss-reactive ketones (excluding diaryl/α,β-unsaturated/α-hetero) is 1. The number of rotatable bonds is 4. The highest BCUT2D eigenvalue weighted by Gasteiger charge is 2.08. The fourth-order valence-electron chi connectivity index (χ4n) is 0.637. The van der Waals surface area contributed by atoms with Gasteiger partial charge < -0.3 is 4.48 Å². The van der Waals surface area contributed by atoms with Crippen molar-refractivity contribution in [1.29, 1.82) is 0 Å². The Morgan fingerprint density at radius 1 is 1.30 bits per heavy atom. The number of carbonyl (C=O) groups is 1. The lowest BCUT2D eigenvalue weighted by atomic mass is 10.2. The molecule has 2 nitrogen and oxygen atoms in total. The molecule has 0 saturated heterocycles. The second-order valence-electron chi connectivity index (χ2n) is 3.66. The van der Waals surface area contributed by atoms with Crippen LogP contribution in [-0.2, 0) is 4.79 Å². The monoisotopic (exact) mass is 144 g/mol. The Morgan fingerprint density at radius 3 is 2.10 bits per heavy atom. The van der Waals surface area contributed by atoms with Crippen LogP contribution < -0.4 is 0 Å². The van der Waals surface area contributed by atoms with E-state index in [0.717, 1.165) is 17.4 Å². The van der Waals surface area contributed by atoms with Gasteiger partial charge in [-0.15, -0.1) is 0 Å². The molecule has 0 rings (SSSR count). The first-order valence-corrected chi connectivity index (χ1v) is 3.78. The van der Waals surface area contributed by atoms with E-state index in [1.54, 1.807) is 0 Å². The molecule has 0 aromatic carbocycles. The number of quaternary nitrogens is 1. The van der Waals surface area contributed by atoms with Crippen LogP contribution in [0.15, 0.2) is 0 Å². The van der Waals surface area contributed by atoms with Crippen LogP contribution in [0.2, 0.25) is 0 Å². The summed E-state index contributed by atoms with van der Waals surface area (Å²) in [6, 6.07) is 0. The minimum absolute atomic E-state index is 0.369. The van der Waals surface area contributed by atoms with Gasteiger partial charge in [-0.25, -0.2) is 0 Å². The van der Waals surface area contributed by atoms with Crippen molar-refractivity contribution < 1.29 is 9.28 Å². The third-order valence-corrected chi connectivity index (χ3v) is 1.46. The first-order chi connectivity index (χ1) is 4.45. The summed E-state index contributed by atoms with van der Waals surface area (Å²) in [6.07, 6.45) is 1.40. The lowest BCUT2D eigenvalue weighted by molar-refractivity contribution is -0.869. The van der Waals surface area contributed by atoms with E-state index in [4.69, 9.17) is 0 Å². The first kappa shape index (κ1) is 9.63. The average molecular weight is 144 g/mol. The SMILES string of the molecule is CCC(=O)CC[N+](C)(C)C. The highest BCUT2D eigenvalue weighted by Crippen LogP contribution is 1.95. The summed E-state index contributed by atoms with van der Waals surface area (Å²) in [5, 5.41) is 0. The number of hydrogen-bond acceptors (Lipinski definition) is 1. The van der Waals surface area contributed by atoms with Crippen molar-refractivity contribution in [2.24, 2.45) is 0 Å². The number of hydrogen-bond donors (Lipinski definition) is 0. The van der Waals surface area contributed by atoms with E-state index in [0.29, 0.717) is 12.2 Å². The average Bonchev–Trinajstić information content (AvgIpc) is 1.81. The molecule has 10 heavy (non-hydrogen) atoms. The van der Waals surface area contributed by atoms with Crippen LogP contribution >= 0.6 is 0 Å². The number of ketones is 1. The van der Waals surface area contributed by atoms with Gasteiger partial charge in [0, 0.05) is 6.42 Å². The molecule has 60 valence electrons. The highest BCUT2D eigenvalue weighted by atomic mass is 16.1. The summed E-state index contributed by atoms with van der Waals surface area (Å²) in [5.74, 6) is 0.369.